The molecule has 2 aromatic carbocycles. The summed E-state index contributed by atoms with van der Waals surface area (Å²) in [7, 11) is 0. The summed E-state index contributed by atoms with van der Waals surface area (Å²) < 4.78 is 13.3. The van der Waals surface area contributed by atoms with Gasteiger partial charge in [-0.25, -0.2) is 4.39 Å². The highest BCUT2D eigenvalue weighted by atomic mass is 19.1. The third kappa shape index (κ3) is 4.29. The van der Waals surface area contributed by atoms with Crippen molar-refractivity contribution in [1.29, 1.82) is 0 Å². The number of halogens is 1. The van der Waals surface area contributed by atoms with E-state index < -0.39 is 0 Å². The van der Waals surface area contributed by atoms with Crippen LogP contribution >= 0.6 is 0 Å². The van der Waals surface area contributed by atoms with Gasteiger partial charge in [0.2, 0.25) is 0 Å². The summed E-state index contributed by atoms with van der Waals surface area (Å²) in [6.07, 6.45) is 6.67. The quantitative estimate of drug-likeness (QED) is 0.698. The Bertz CT molecular complexity index is 747. The van der Waals surface area contributed by atoms with Crippen LogP contribution < -0.4 is 0 Å². The van der Waals surface area contributed by atoms with Crippen molar-refractivity contribution >= 4 is 11.1 Å². The van der Waals surface area contributed by atoms with Crippen LogP contribution in [0.25, 0.3) is 11.1 Å². The van der Waals surface area contributed by atoms with Crippen LogP contribution in [0.15, 0.2) is 42.5 Å². The number of aliphatic hydroxyl groups is 1. The van der Waals surface area contributed by atoms with Gasteiger partial charge in [-0.1, -0.05) is 24.6 Å². The highest BCUT2D eigenvalue weighted by Gasteiger charge is 2.18. The highest BCUT2D eigenvalue weighted by Crippen LogP contribution is 2.39. The fraction of sp³-hybridized carbons (Fsp3) is 0.364. The fourth-order valence-electron chi connectivity index (χ4n) is 3.70. The monoisotopic (exact) mass is 340 g/mol. The van der Waals surface area contributed by atoms with Crippen molar-refractivity contribution in [2.45, 2.75) is 44.9 Å². The van der Waals surface area contributed by atoms with E-state index in [0.717, 1.165) is 50.5 Å². The lowest BCUT2D eigenvalue weighted by Gasteiger charge is -2.16. The molecule has 2 aromatic rings. The van der Waals surface area contributed by atoms with Crippen molar-refractivity contribution in [2.75, 3.05) is 6.61 Å². The number of benzene rings is 2. The number of phenolic OH excluding ortho intramolecular Hbond substituents is 1. The molecule has 0 aliphatic heterocycles. The molecule has 1 aliphatic carbocycles. The molecular formula is C22H25FO2. The Hall–Kier alpha value is -2.13. The minimum Gasteiger partial charge on any atom is -0.508 e. The molecule has 0 atom stereocenters. The minimum atomic E-state index is -0.215. The van der Waals surface area contributed by atoms with E-state index in [0.29, 0.717) is 5.75 Å². The molecule has 132 valence electrons. The third-order valence-electron chi connectivity index (χ3n) is 4.93. The Balaban J connectivity index is 2.02. The molecule has 2 nitrogen and oxygen atoms in total. The standard InChI is InChI=1S/C22H25FO2/c23-18-10-8-16(9-11-18)20-7-4-5-17-15-19(25)12-13-21(17)22(20)6-2-1-3-14-24/h8-13,15,24-25H,1-7,14H2. The number of allylic oxidation sites excluding steroid dienone is 2. The first kappa shape index (κ1) is 17.7. The van der Waals surface area contributed by atoms with E-state index in [1.165, 1.54) is 34.4 Å². The summed E-state index contributed by atoms with van der Waals surface area (Å²) in [4.78, 5) is 0. The van der Waals surface area contributed by atoms with Gasteiger partial charge in [0.15, 0.2) is 0 Å². The van der Waals surface area contributed by atoms with E-state index in [2.05, 4.69) is 0 Å². The van der Waals surface area contributed by atoms with Crippen LogP contribution in [0.3, 0.4) is 0 Å². The molecule has 0 amide bonds. The summed E-state index contributed by atoms with van der Waals surface area (Å²) in [6, 6.07) is 12.4. The summed E-state index contributed by atoms with van der Waals surface area (Å²) in [5, 5.41) is 18.9. The number of hydrogen-bond acceptors (Lipinski definition) is 2. The molecular weight excluding hydrogens is 315 g/mol. The van der Waals surface area contributed by atoms with E-state index in [4.69, 9.17) is 5.11 Å². The number of unbranched alkanes of at least 4 members (excludes halogenated alkanes) is 2. The lowest BCUT2D eigenvalue weighted by atomic mass is 9.89. The van der Waals surface area contributed by atoms with E-state index in [9.17, 15) is 9.50 Å². The van der Waals surface area contributed by atoms with Crippen LogP contribution in [-0.4, -0.2) is 16.8 Å². The van der Waals surface area contributed by atoms with Crippen LogP contribution in [0.5, 0.6) is 5.75 Å². The first-order chi connectivity index (χ1) is 12.2. The molecule has 0 bridgehead atoms. The number of fused-ring (bicyclic) bond motifs is 1. The van der Waals surface area contributed by atoms with Crippen molar-refractivity contribution in [3.63, 3.8) is 0 Å². The van der Waals surface area contributed by atoms with Gasteiger partial charge in [-0.2, -0.15) is 0 Å². The lowest BCUT2D eigenvalue weighted by molar-refractivity contribution is 0.283. The fourth-order valence-corrected chi connectivity index (χ4v) is 3.70. The van der Waals surface area contributed by atoms with Crippen LogP contribution in [-0.2, 0) is 6.42 Å². The zero-order valence-corrected chi connectivity index (χ0v) is 14.5. The van der Waals surface area contributed by atoms with E-state index in [1.54, 1.807) is 6.07 Å². The number of aliphatic hydroxyl groups excluding tert-OH is 1. The largest absolute Gasteiger partial charge is 0.508 e. The lowest BCUT2D eigenvalue weighted by Crippen LogP contribution is -1.95. The molecule has 0 saturated heterocycles. The first-order valence-electron chi connectivity index (χ1n) is 9.10. The number of hydrogen-bond donors (Lipinski definition) is 2. The van der Waals surface area contributed by atoms with E-state index in [-0.39, 0.29) is 12.4 Å². The molecule has 0 spiro atoms. The normalized spacial score (nSPS) is 14.3. The van der Waals surface area contributed by atoms with Crippen LogP contribution in [0.1, 0.15) is 55.2 Å². The molecule has 0 heterocycles. The van der Waals surface area contributed by atoms with Gasteiger partial charge >= 0.3 is 0 Å². The maximum Gasteiger partial charge on any atom is 0.123 e. The number of rotatable bonds is 6. The summed E-state index contributed by atoms with van der Waals surface area (Å²) in [5.41, 5.74) is 6.07. The molecule has 0 unspecified atom stereocenters. The van der Waals surface area contributed by atoms with E-state index in [1.807, 2.05) is 24.3 Å². The Morgan fingerprint density at radius 3 is 2.48 bits per heavy atom. The molecule has 25 heavy (non-hydrogen) atoms. The van der Waals surface area contributed by atoms with Crippen molar-refractivity contribution in [1.82, 2.24) is 0 Å². The predicted molar refractivity (Wildman–Crippen MR) is 99.8 cm³/mol. The minimum absolute atomic E-state index is 0.215. The molecule has 0 saturated carbocycles. The smallest absolute Gasteiger partial charge is 0.123 e. The molecule has 0 aromatic heterocycles. The van der Waals surface area contributed by atoms with Crippen molar-refractivity contribution in [3.8, 4) is 5.75 Å². The van der Waals surface area contributed by atoms with Gasteiger partial charge in [0.25, 0.3) is 0 Å². The van der Waals surface area contributed by atoms with Gasteiger partial charge < -0.3 is 10.2 Å². The van der Waals surface area contributed by atoms with Gasteiger partial charge in [0.05, 0.1) is 0 Å². The molecule has 3 heteroatoms. The first-order valence-corrected chi connectivity index (χ1v) is 9.10. The van der Waals surface area contributed by atoms with E-state index >= 15 is 0 Å². The van der Waals surface area contributed by atoms with Gasteiger partial charge in [0, 0.05) is 6.61 Å². The molecule has 2 N–H and O–H groups in total. The SMILES string of the molecule is OCCCCCC1=C(c2ccc(F)cc2)CCCc2cc(O)ccc21. The van der Waals surface area contributed by atoms with Gasteiger partial charge in [-0.15, -0.1) is 0 Å². The highest BCUT2D eigenvalue weighted by molar-refractivity contribution is 5.92. The topological polar surface area (TPSA) is 40.5 Å². The Morgan fingerprint density at radius 2 is 1.72 bits per heavy atom. The number of phenols is 1. The third-order valence-corrected chi connectivity index (χ3v) is 4.93. The predicted octanol–water partition coefficient (Wildman–Crippen LogP) is 5.33. The summed E-state index contributed by atoms with van der Waals surface area (Å²) in [6.45, 7) is 0.230. The Morgan fingerprint density at radius 1 is 0.920 bits per heavy atom. The summed E-state index contributed by atoms with van der Waals surface area (Å²) in [5.74, 6) is 0.0939. The van der Waals surface area contributed by atoms with Crippen LogP contribution in [0, 0.1) is 5.82 Å². The van der Waals surface area contributed by atoms with Crippen LogP contribution in [0.4, 0.5) is 4.39 Å². The average Bonchev–Trinajstić information content (AvgIpc) is 2.78. The van der Waals surface area contributed by atoms with Crippen molar-refractivity contribution < 1.29 is 14.6 Å². The number of aryl methyl sites for hydroxylation is 1. The number of aromatic hydroxyl groups is 1. The van der Waals surface area contributed by atoms with Gasteiger partial charge in [-0.3, -0.25) is 0 Å². The zero-order valence-electron chi connectivity index (χ0n) is 14.5. The molecule has 0 fully saturated rings. The second-order valence-electron chi connectivity index (χ2n) is 6.69. The molecule has 3 rings (SSSR count). The van der Waals surface area contributed by atoms with Crippen molar-refractivity contribution in [3.05, 3.63) is 65.0 Å². The molecule has 1 aliphatic rings. The molecule has 0 radical (unpaired) electrons. The maximum absolute atomic E-state index is 13.3. The average molecular weight is 340 g/mol. The second kappa shape index (κ2) is 8.30. The maximum atomic E-state index is 13.3. The summed E-state index contributed by atoms with van der Waals surface area (Å²) >= 11 is 0. The van der Waals surface area contributed by atoms with Gasteiger partial charge in [0.1, 0.15) is 11.6 Å². The Kier molecular flexibility index (Phi) is 5.87. The zero-order chi connectivity index (χ0) is 17.6. The van der Waals surface area contributed by atoms with Crippen molar-refractivity contribution in [2.24, 2.45) is 0 Å². The Labute approximate surface area is 148 Å². The van der Waals surface area contributed by atoms with Gasteiger partial charge in [-0.05, 0) is 90.6 Å². The second-order valence-corrected chi connectivity index (χ2v) is 6.69. The van der Waals surface area contributed by atoms with Crippen LogP contribution in [0.2, 0.25) is 0 Å².